The summed E-state index contributed by atoms with van der Waals surface area (Å²) >= 11 is 3.46. The van der Waals surface area contributed by atoms with Crippen LogP contribution in [0, 0.1) is 0 Å². The van der Waals surface area contributed by atoms with Crippen molar-refractivity contribution in [3.63, 3.8) is 0 Å². The van der Waals surface area contributed by atoms with E-state index in [0.29, 0.717) is 5.92 Å². The van der Waals surface area contributed by atoms with E-state index in [2.05, 4.69) is 26.1 Å². The molecule has 1 atom stereocenters. The van der Waals surface area contributed by atoms with Crippen molar-refractivity contribution in [2.45, 2.75) is 12.3 Å². The van der Waals surface area contributed by atoms with E-state index in [9.17, 15) is 0 Å². The quantitative estimate of drug-likeness (QED) is 0.794. The summed E-state index contributed by atoms with van der Waals surface area (Å²) in [7, 11) is 0. The molecule has 4 nitrogen and oxygen atoms in total. The van der Waals surface area contributed by atoms with Gasteiger partial charge in [-0.1, -0.05) is 0 Å². The second-order valence-corrected chi connectivity index (χ2v) is 4.52. The maximum atomic E-state index is 5.37. The van der Waals surface area contributed by atoms with Crippen molar-refractivity contribution in [2.24, 2.45) is 0 Å². The monoisotopic (exact) mass is 267 g/mol. The van der Waals surface area contributed by atoms with Crippen LogP contribution in [-0.4, -0.2) is 27.8 Å². The molecular weight excluding hydrogens is 258 g/mol. The van der Waals surface area contributed by atoms with Gasteiger partial charge in [0.2, 0.25) is 0 Å². The second kappa shape index (κ2) is 3.57. The second-order valence-electron chi connectivity index (χ2n) is 3.67. The molecule has 5 heteroatoms. The zero-order valence-electron chi connectivity index (χ0n) is 8.06. The standard InChI is InChI=1S/C10H10BrN3O/c11-8-2-1-4-14-9(12-13-10(8)14)7-3-5-15-6-7/h1-2,4,7H,3,5-6H2. The van der Waals surface area contributed by atoms with E-state index in [1.807, 2.05) is 22.7 Å². The molecule has 1 aliphatic rings. The number of hydrogen-bond donors (Lipinski definition) is 0. The molecule has 2 aromatic heterocycles. The summed E-state index contributed by atoms with van der Waals surface area (Å²) in [5, 5.41) is 8.41. The van der Waals surface area contributed by atoms with Crippen molar-refractivity contribution < 1.29 is 4.74 Å². The van der Waals surface area contributed by atoms with Gasteiger partial charge in [-0.05, 0) is 34.5 Å². The molecule has 0 aromatic carbocycles. The minimum absolute atomic E-state index is 0.384. The Kier molecular flexibility index (Phi) is 2.21. The predicted octanol–water partition coefficient (Wildman–Crippen LogP) is 2.00. The van der Waals surface area contributed by atoms with Crippen LogP contribution in [0.3, 0.4) is 0 Å². The summed E-state index contributed by atoms with van der Waals surface area (Å²) in [5.74, 6) is 1.39. The smallest absolute Gasteiger partial charge is 0.175 e. The number of nitrogens with zero attached hydrogens (tertiary/aromatic N) is 3. The lowest BCUT2D eigenvalue weighted by Gasteiger charge is -2.04. The third kappa shape index (κ3) is 1.46. The van der Waals surface area contributed by atoms with Crippen LogP contribution in [0.1, 0.15) is 18.2 Å². The van der Waals surface area contributed by atoms with Crippen LogP contribution in [0.2, 0.25) is 0 Å². The summed E-state index contributed by atoms with van der Waals surface area (Å²) in [6.07, 6.45) is 3.03. The fraction of sp³-hybridized carbons (Fsp3) is 0.400. The Morgan fingerprint density at radius 3 is 3.20 bits per heavy atom. The lowest BCUT2D eigenvalue weighted by Crippen LogP contribution is -2.03. The first kappa shape index (κ1) is 9.30. The van der Waals surface area contributed by atoms with E-state index < -0.39 is 0 Å². The molecule has 1 aliphatic heterocycles. The SMILES string of the molecule is Brc1cccn2c(C3CCOC3)nnc12. The van der Waals surface area contributed by atoms with E-state index >= 15 is 0 Å². The molecule has 78 valence electrons. The van der Waals surface area contributed by atoms with Gasteiger partial charge in [-0.3, -0.25) is 4.40 Å². The molecule has 0 N–H and O–H groups in total. The van der Waals surface area contributed by atoms with E-state index in [1.54, 1.807) is 0 Å². The van der Waals surface area contributed by atoms with Crippen molar-refractivity contribution in [2.75, 3.05) is 13.2 Å². The molecule has 0 radical (unpaired) electrons. The Labute approximate surface area is 95.4 Å². The number of halogens is 1. The fourth-order valence-corrected chi connectivity index (χ4v) is 2.34. The molecule has 0 spiro atoms. The van der Waals surface area contributed by atoms with Gasteiger partial charge in [0.25, 0.3) is 0 Å². The van der Waals surface area contributed by atoms with Crippen LogP contribution in [-0.2, 0) is 4.74 Å². The van der Waals surface area contributed by atoms with Crippen molar-refractivity contribution in [1.29, 1.82) is 0 Å². The highest BCUT2D eigenvalue weighted by atomic mass is 79.9. The van der Waals surface area contributed by atoms with E-state index in [0.717, 1.165) is 35.6 Å². The Hall–Kier alpha value is -0.940. The molecule has 2 aromatic rings. The Bertz CT molecular complexity index is 490. The summed E-state index contributed by atoms with van der Waals surface area (Å²) < 4.78 is 8.37. The topological polar surface area (TPSA) is 39.4 Å². The number of pyridine rings is 1. The summed E-state index contributed by atoms with van der Waals surface area (Å²) in [6.45, 7) is 1.58. The number of fused-ring (bicyclic) bond motifs is 1. The van der Waals surface area contributed by atoms with Crippen LogP contribution in [0.5, 0.6) is 0 Å². The van der Waals surface area contributed by atoms with Crippen LogP contribution >= 0.6 is 15.9 Å². The number of hydrogen-bond acceptors (Lipinski definition) is 3. The number of aromatic nitrogens is 3. The van der Waals surface area contributed by atoms with Crippen LogP contribution in [0.4, 0.5) is 0 Å². The average Bonchev–Trinajstić information content (AvgIpc) is 2.85. The Morgan fingerprint density at radius 2 is 2.40 bits per heavy atom. The van der Waals surface area contributed by atoms with Gasteiger partial charge in [0.05, 0.1) is 11.1 Å². The van der Waals surface area contributed by atoms with E-state index in [4.69, 9.17) is 4.74 Å². The number of rotatable bonds is 1. The lowest BCUT2D eigenvalue weighted by atomic mass is 10.1. The molecule has 1 fully saturated rings. The van der Waals surface area contributed by atoms with E-state index in [-0.39, 0.29) is 0 Å². The molecule has 3 heterocycles. The predicted molar refractivity (Wildman–Crippen MR) is 58.9 cm³/mol. The summed E-state index contributed by atoms with van der Waals surface area (Å²) in [5.41, 5.74) is 0.874. The largest absolute Gasteiger partial charge is 0.381 e. The van der Waals surface area contributed by atoms with Gasteiger partial charge in [-0.15, -0.1) is 10.2 Å². The zero-order valence-corrected chi connectivity index (χ0v) is 9.64. The zero-order chi connectivity index (χ0) is 10.3. The molecule has 1 saturated heterocycles. The Morgan fingerprint density at radius 1 is 1.47 bits per heavy atom. The van der Waals surface area contributed by atoms with Crippen molar-refractivity contribution in [3.8, 4) is 0 Å². The third-order valence-corrected chi connectivity index (χ3v) is 3.33. The van der Waals surface area contributed by atoms with Gasteiger partial charge < -0.3 is 4.74 Å². The molecule has 0 aliphatic carbocycles. The molecule has 15 heavy (non-hydrogen) atoms. The highest BCUT2D eigenvalue weighted by molar-refractivity contribution is 9.10. The maximum Gasteiger partial charge on any atom is 0.175 e. The van der Waals surface area contributed by atoms with Gasteiger partial charge in [-0.2, -0.15) is 0 Å². The molecule has 1 unspecified atom stereocenters. The van der Waals surface area contributed by atoms with Gasteiger partial charge >= 0.3 is 0 Å². The van der Waals surface area contributed by atoms with Gasteiger partial charge in [0, 0.05) is 18.7 Å². The minimum atomic E-state index is 0.384. The van der Waals surface area contributed by atoms with Gasteiger partial charge in [-0.25, -0.2) is 0 Å². The minimum Gasteiger partial charge on any atom is -0.381 e. The first-order chi connectivity index (χ1) is 7.36. The lowest BCUT2D eigenvalue weighted by molar-refractivity contribution is 0.193. The van der Waals surface area contributed by atoms with Crippen LogP contribution in [0.15, 0.2) is 22.8 Å². The van der Waals surface area contributed by atoms with Gasteiger partial charge in [0.1, 0.15) is 5.82 Å². The summed E-state index contributed by atoms with van der Waals surface area (Å²) in [4.78, 5) is 0. The summed E-state index contributed by atoms with van der Waals surface area (Å²) in [6, 6.07) is 3.96. The first-order valence-corrected chi connectivity index (χ1v) is 5.72. The van der Waals surface area contributed by atoms with Crippen LogP contribution < -0.4 is 0 Å². The highest BCUT2D eigenvalue weighted by Crippen LogP contribution is 2.25. The molecule has 0 saturated carbocycles. The maximum absolute atomic E-state index is 5.37. The normalized spacial score (nSPS) is 21.3. The fourth-order valence-electron chi connectivity index (χ4n) is 1.92. The molecule has 0 amide bonds. The third-order valence-electron chi connectivity index (χ3n) is 2.71. The van der Waals surface area contributed by atoms with Crippen molar-refractivity contribution >= 4 is 21.6 Å². The van der Waals surface area contributed by atoms with Crippen molar-refractivity contribution in [1.82, 2.24) is 14.6 Å². The first-order valence-electron chi connectivity index (χ1n) is 4.93. The van der Waals surface area contributed by atoms with Gasteiger partial charge in [0.15, 0.2) is 5.65 Å². The average molecular weight is 268 g/mol. The van der Waals surface area contributed by atoms with Crippen LogP contribution in [0.25, 0.3) is 5.65 Å². The molecule has 0 bridgehead atoms. The highest BCUT2D eigenvalue weighted by Gasteiger charge is 2.23. The Balaban J connectivity index is 2.15. The molecular formula is C10H10BrN3O. The molecule has 3 rings (SSSR count). The van der Waals surface area contributed by atoms with E-state index in [1.165, 1.54) is 0 Å². The van der Waals surface area contributed by atoms with Crippen molar-refractivity contribution in [3.05, 3.63) is 28.6 Å². The number of ether oxygens (including phenoxy) is 1.